The number of benzene rings is 13. The molecule has 1 aromatic heterocycles. The van der Waals surface area contributed by atoms with E-state index in [4.69, 9.17) is 0 Å². The smallest absolute Gasteiger partial charge is 0.0467 e. The van der Waals surface area contributed by atoms with Gasteiger partial charge in [-0.15, -0.1) is 11.3 Å². The van der Waals surface area contributed by atoms with Crippen LogP contribution in [0.3, 0.4) is 0 Å². The average molecular weight is 1050 g/mol. The van der Waals surface area contributed by atoms with E-state index in [1.165, 1.54) is 81.4 Å². The summed E-state index contributed by atoms with van der Waals surface area (Å²) in [6.45, 7) is 0. The lowest BCUT2D eigenvalue weighted by atomic mass is 9.84. The van der Waals surface area contributed by atoms with E-state index < -0.39 is 0 Å². The normalized spacial score (nSPS) is 11.2. The molecule has 0 aliphatic heterocycles. The van der Waals surface area contributed by atoms with Gasteiger partial charge >= 0.3 is 0 Å². The molecule has 0 saturated heterocycles. The highest BCUT2D eigenvalue weighted by Crippen LogP contribution is 2.48. The molecule has 1 heterocycles. The Labute approximate surface area is 478 Å². The molecule has 2 nitrogen and oxygen atoms in total. The minimum Gasteiger partial charge on any atom is -0.310 e. The number of thiophene rings is 1. The van der Waals surface area contributed by atoms with Gasteiger partial charge in [-0.2, -0.15) is 0 Å². The second-order valence-corrected chi connectivity index (χ2v) is 21.5. The largest absolute Gasteiger partial charge is 0.310 e. The fraction of sp³-hybridized carbons (Fsp3) is 0. The van der Waals surface area contributed by atoms with Crippen LogP contribution in [0, 0.1) is 0 Å². The van der Waals surface area contributed by atoms with E-state index in [-0.39, 0.29) is 0 Å². The van der Waals surface area contributed by atoms with Crippen LogP contribution in [0.4, 0.5) is 34.1 Å². The first-order valence-electron chi connectivity index (χ1n) is 27.6. The van der Waals surface area contributed by atoms with Crippen molar-refractivity contribution >= 4 is 67.0 Å². The topological polar surface area (TPSA) is 6.48 Å². The van der Waals surface area contributed by atoms with Crippen LogP contribution in [0.5, 0.6) is 0 Å². The summed E-state index contributed by atoms with van der Waals surface area (Å²) >= 11 is 1.84. The summed E-state index contributed by atoms with van der Waals surface area (Å²) in [7, 11) is 0. The third kappa shape index (κ3) is 9.78. The SMILES string of the molecule is c1ccc(-c2ccc(N(c3ccccc3)c3cccc(-c4c5ccccc5c(-c5cccc(N(c6ccccc6)c6ccc(-c7ccccc7)cc6)c5)c5cc(-c6cccc(-c7ccc(-c8ccccc8)s7)c6)ccc45)c3)cc2)cc1. The highest BCUT2D eigenvalue weighted by atomic mass is 32.1. The minimum atomic E-state index is 1.08. The van der Waals surface area contributed by atoms with Crippen molar-refractivity contribution in [2.45, 2.75) is 0 Å². The number of fused-ring (bicyclic) bond motifs is 2. The van der Waals surface area contributed by atoms with E-state index in [2.05, 4.69) is 337 Å². The van der Waals surface area contributed by atoms with Gasteiger partial charge in [-0.05, 0) is 185 Å². The molecule has 0 aliphatic rings. The molecule has 13 aromatic carbocycles. The van der Waals surface area contributed by atoms with Crippen molar-refractivity contribution in [3.63, 3.8) is 0 Å². The van der Waals surface area contributed by atoms with E-state index in [1.54, 1.807) is 0 Å². The van der Waals surface area contributed by atoms with Gasteiger partial charge in [0.05, 0.1) is 0 Å². The highest BCUT2D eigenvalue weighted by molar-refractivity contribution is 7.18. The average Bonchev–Trinajstić information content (AvgIpc) is 4.02. The standard InChI is InChI=1S/C78H54N2S/c1-6-21-55(22-7-1)57-39-44-67(45-40-57)79(65-31-12-4-13-32-65)69-35-19-29-63(52-69)77-71-37-16-17-38-72(71)78(74-54-61(43-48-73(74)77)60-27-18-28-62(51-60)76-50-49-75(81-76)59-25-10-3-11-26-59)64-30-20-36-70(53-64)80(66-33-14-5-15-34-66)68-46-41-58(42-47-68)56-23-8-2-9-24-56/h1-54H. The van der Waals surface area contributed by atoms with E-state index >= 15 is 0 Å². The lowest BCUT2D eigenvalue weighted by molar-refractivity contribution is 1.28. The zero-order valence-electron chi connectivity index (χ0n) is 44.5. The first-order chi connectivity index (χ1) is 40.2. The Morgan fingerprint density at radius 1 is 0.173 bits per heavy atom. The molecule has 0 N–H and O–H groups in total. The van der Waals surface area contributed by atoms with E-state index in [1.807, 2.05) is 11.3 Å². The van der Waals surface area contributed by atoms with Gasteiger partial charge in [0.25, 0.3) is 0 Å². The summed E-state index contributed by atoms with van der Waals surface area (Å²) in [6.07, 6.45) is 0. The first-order valence-corrected chi connectivity index (χ1v) is 28.5. The Hall–Kier alpha value is -10.3. The van der Waals surface area contributed by atoms with Gasteiger partial charge in [0, 0.05) is 43.9 Å². The number of hydrogen-bond acceptors (Lipinski definition) is 3. The quantitative estimate of drug-likeness (QED) is 0.106. The zero-order chi connectivity index (χ0) is 53.9. The molecule has 0 unspecified atom stereocenters. The van der Waals surface area contributed by atoms with Crippen molar-refractivity contribution in [2.75, 3.05) is 9.80 Å². The molecule has 0 aliphatic carbocycles. The molecule has 3 heteroatoms. The maximum absolute atomic E-state index is 2.45. The second kappa shape index (κ2) is 21.8. The molecule has 81 heavy (non-hydrogen) atoms. The highest BCUT2D eigenvalue weighted by Gasteiger charge is 2.22. The maximum atomic E-state index is 2.45. The molecule has 382 valence electrons. The van der Waals surface area contributed by atoms with Crippen LogP contribution in [-0.4, -0.2) is 0 Å². The number of anilines is 6. The van der Waals surface area contributed by atoms with Crippen LogP contribution >= 0.6 is 11.3 Å². The molecule has 14 aromatic rings. The van der Waals surface area contributed by atoms with Crippen molar-refractivity contribution in [1.29, 1.82) is 0 Å². The van der Waals surface area contributed by atoms with Crippen LogP contribution in [0.15, 0.2) is 328 Å². The monoisotopic (exact) mass is 1050 g/mol. The van der Waals surface area contributed by atoms with Crippen LogP contribution in [0.25, 0.3) is 98.1 Å². The van der Waals surface area contributed by atoms with Gasteiger partial charge < -0.3 is 9.80 Å². The predicted octanol–water partition coefficient (Wildman–Crippen LogP) is 22.7. The summed E-state index contributed by atoms with van der Waals surface area (Å²) < 4.78 is 0. The molecule has 0 amide bonds. The molecule has 0 fully saturated rings. The number of rotatable bonds is 13. The Balaban J connectivity index is 0.948. The Kier molecular flexibility index (Phi) is 13.2. The van der Waals surface area contributed by atoms with Crippen LogP contribution in [0.1, 0.15) is 0 Å². The Morgan fingerprint density at radius 3 is 1.00 bits per heavy atom. The third-order valence-corrected chi connectivity index (χ3v) is 16.6. The lowest BCUT2D eigenvalue weighted by Crippen LogP contribution is -2.10. The fourth-order valence-corrected chi connectivity index (χ4v) is 12.6. The maximum Gasteiger partial charge on any atom is 0.0467 e. The molecule has 0 saturated carbocycles. The molecule has 0 spiro atoms. The van der Waals surface area contributed by atoms with E-state index in [9.17, 15) is 0 Å². The number of nitrogens with zero attached hydrogens (tertiary/aromatic N) is 2. The predicted molar refractivity (Wildman–Crippen MR) is 347 cm³/mol. The van der Waals surface area contributed by atoms with Crippen molar-refractivity contribution in [2.24, 2.45) is 0 Å². The van der Waals surface area contributed by atoms with Crippen LogP contribution < -0.4 is 9.80 Å². The van der Waals surface area contributed by atoms with Crippen molar-refractivity contribution in [3.8, 4) is 76.5 Å². The van der Waals surface area contributed by atoms with Crippen molar-refractivity contribution in [1.82, 2.24) is 0 Å². The molecule has 0 bridgehead atoms. The fourth-order valence-electron chi connectivity index (χ4n) is 11.6. The number of hydrogen-bond donors (Lipinski definition) is 0. The van der Waals surface area contributed by atoms with Crippen LogP contribution in [-0.2, 0) is 0 Å². The lowest BCUT2D eigenvalue weighted by Gasteiger charge is -2.27. The first kappa shape index (κ1) is 49.0. The molecule has 0 atom stereocenters. The van der Waals surface area contributed by atoms with Crippen molar-refractivity contribution < 1.29 is 0 Å². The molecular weight excluding hydrogens is 997 g/mol. The second-order valence-electron chi connectivity index (χ2n) is 20.4. The Morgan fingerprint density at radius 2 is 0.494 bits per heavy atom. The Bertz CT molecular complexity index is 4480. The van der Waals surface area contributed by atoms with Gasteiger partial charge in [-0.3, -0.25) is 0 Å². The van der Waals surface area contributed by atoms with Gasteiger partial charge in [-0.25, -0.2) is 0 Å². The molecule has 0 radical (unpaired) electrons. The molecular formula is C78H54N2S. The summed E-state index contributed by atoms with van der Waals surface area (Å²) in [4.78, 5) is 7.26. The van der Waals surface area contributed by atoms with Crippen LogP contribution in [0.2, 0.25) is 0 Å². The summed E-state index contributed by atoms with van der Waals surface area (Å²) in [5.74, 6) is 0. The van der Waals surface area contributed by atoms with Gasteiger partial charge in [-0.1, -0.05) is 231 Å². The summed E-state index contributed by atoms with van der Waals surface area (Å²) in [5.41, 5.74) is 20.7. The summed E-state index contributed by atoms with van der Waals surface area (Å²) in [6, 6.07) is 119. The van der Waals surface area contributed by atoms with E-state index in [0.29, 0.717) is 0 Å². The summed E-state index contributed by atoms with van der Waals surface area (Å²) in [5, 5.41) is 4.76. The molecule has 14 rings (SSSR count). The van der Waals surface area contributed by atoms with Gasteiger partial charge in [0.2, 0.25) is 0 Å². The van der Waals surface area contributed by atoms with Gasteiger partial charge in [0.1, 0.15) is 0 Å². The third-order valence-electron chi connectivity index (χ3n) is 15.4. The van der Waals surface area contributed by atoms with Crippen molar-refractivity contribution in [3.05, 3.63) is 328 Å². The van der Waals surface area contributed by atoms with E-state index in [0.717, 1.165) is 50.8 Å². The van der Waals surface area contributed by atoms with Gasteiger partial charge in [0.15, 0.2) is 0 Å². The zero-order valence-corrected chi connectivity index (χ0v) is 45.3. The number of para-hydroxylation sites is 2. The minimum absolute atomic E-state index is 1.08.